The average molecular weight is 332 g/mol. The van der Waals surface area contributed by atoms with Crippen molar-refractivity contribution < 1.29 is 4.74 Å². The maximum atomic E-state index is 6.10. The molecule has 0 N–H and O–H groups in total. The van der Waals surface area contributed by atoms with E-state index < -0.39 is 0 Å². The van der Waals surface area contributed by atoms with Gasteiger partial charge < -0.3 is 9.64 Å². The fourth-order valence-electron chi connectivity index (χ4n) is 2.68. The largest absolute Gasteiger partial charge is 0.493 e. The fraction of sp³-hybridized carbons (Fsp3) is 0.647. The summed E-state index contributed by atoms with van der Waals surface area (Å²) in [6, 6.07) is 3.90. The lowest BCUT2D eigenvalue weighted by molar-refractivity contribution is 0.177. The number of nitrogens with zero attached hydrogens (tertiary/aromatic N) is 1. The molecule has 0 radical (unpaired) electrons. The smallest absolute Gasteiger partial charge is 0.122 e. The second kappa shape index (κ2) is 8.87. The Bertz CT molecular complexity index is 443. The minimum absolute atomic E-state index is 0. The van der Waals surface area contributed by atoms with Gasteiger partial charge in [-0.2, -0.15) is 0 Å². The van der Waals surface area contributed by atoms with Crippen LogP contribution < -0.4 is 4.74 Å². The topological polar surface area (TPSA) is 12.5 Å². The van der Waals surface area contributed by atoms with Gasteiger partial charge in [-0.15, -0.1) is 12.4 Å². The highest BCUT2D eigenvalue weighted by Crippen LogP contribution is 2.27. The highest BCUT2D eigenvalue weighted by molar-refractivity contribution is 6.31. The lowest BCUT2D eigenvalue weighted by Gasteiger charge is -2.30. The lowest BCUT2D eigenvalue weighted by Crippen LogP contribution is -2.34. The Morgan fingerprint density at radius 3 is 2.52 bits per heavy atom. The van der Waals surface area contributed by atoms with E-state index >= 15 is 0 Å². The molecule has 0 bridgehead atoms. The van der Waals surface area contributed by atoms with Gasteiger partial charge in [0, 0.05) is 11.6 Å². The van der Waals surface area contributed by atoms with E-state index in [1.807, 2.05) is 19.1 Å². The van der Waals surface area contributed by atoms with Gasteiger partial charge in [-0.3, -0.25) is 0 Å². The number of ether oxygens (including phenoxy) is 1. The molecule has 1 aliphatic rings. The van der Waals surface area contributed by atoms with E-state index in [1.54, 1.807) is 0 Å². The van der Waals surface area contributed by atoms with Gasteiger partial charge in [-0.1, -0.05) is 18.5 Å². The highest BCUT2D eigenvalue weighted by Gasteiger charge is 2.15. The minimum atomic E-state index is 0. The van der Waals surface area contributed by atoms with Crippen molar-refractivity contribution in [3.8, 4) is 5.75 Å². The van der Waals surface area contributed by atoms with Crippen molar-refractivity contribution in [1.29, 1.82) is 0 Å². The van der Waals surface area contributed by atoms with Crippen LogP contribution in [0.15, 0.2) is 12.1 Å². The van der Waals surface area contributed by atoms with Crippen molar-refractivity contribution in [3.63, 3.8) is 0 Å². The Morgan fingerprint density at radius 1 is 1.19 bits per heavy atom. The molecule has 1 aromatic rings. The molecule has 0 aliphatic carbocycles. The van der Waals surface area contributed by atoms with Crippen LogP contribution in [0, 0.1) is 19.8 Å². The summed E-state index contributed by atoms with van der Waals surface area (Å²) in [5, 5.41) is 0.817. The summed E-state index contributed by atoms with van der Waals surface area (Å²) in [6.07, 6.45) is 3.78. The Labute approximate surface area is 140 Å². The predicted molar refractivity (Wildman–Crippen MR) is 93.1 cm³/mol. The van der Waals surface area contributed by atoms with E-state index in [1.165, 1.54) is 25.9 Å². The summed E-state index contributed by atoms with van der Waals surface area (Å²) in [5.74, 6) is 1.88. The number of benzene rings is 1. The van der Waals surface area contributed by atoms with Crippen LogP contribution in [-0.4, -0.2) is 31.1 Å². The van der Waals surface area contributed by atoms with Crippen molar-refractivity contribution >= 4 is 24.0 Å². The summed E-state index contributed by atoms with van der Waals surface area (Å²) in [6.45, 7) is 10.9. The zero-order valence-corrected chi connectivity index (χ0v) is 14.9. The average Bonchev–Trinajstić information content (AvgIpc) is 2.45. The Morgan fingerprint density at radius 2 is 1.86 bits per heavy atom. The van der Waals surface area contributed by atoms with Crippen molar-refractivity contribution in [1.82, 2.24) is 4.90 Å². The molecule has 21 heavy (non-hydrogen) atoms. The van der Waals surface area contributed by atoms with Crippen molar-refractivity contribution in [2.24, 2.45) is 5.92 Å². The fourth-order valence-corrected chi connectivity index (χ4v) is 2.88. The molecule has 0 atom stereocenters. The van der Waals surface area contributed by atoms with Crippen LogP contribution in [0.5, 0.6) is 5.75 Å². The number of piperidine rings is 1. The minimum Gasteiger partial charge on any atom is -0.493 e. The van der Waals surface area contributed by atoms with E-state index in [0.29, 0.717) is 0 Å². The van der Waals surface area contributed by atoms with Crippen LogP contribution in [0.2, 0.25) is 5.02 Å². The normalized spacial score (nSPS) is 16.6. The quantitative estimate of drug-likeness (QED) is 0.713. The van der Waals surface area contributed by atoms with Gasteiger partial charge in [0.05, 0.1) is 6.61 Å². The maximum Gasteiger partial charge on any atom is 0.122 e. The van der Waals surface area contributed by atoms with E-state index in [2.05, 4.69) is 18.7 Å². The number of rotatable bonds is 5. The standard InChI is InChI=1S/C17H26ClNO.ClH/c1-13-7-10-19(11-8-13)9-4-12-20-17-6-5-16(18)14(2)15(17)3;/h5-6,13H,4,7-12H2,1-3H3;1H. The zero-order chi connectivity index (χ0) is 14.5. The second-order valence-electron chi connectivity index (χ2n) is 6.02. The van der Waals surface area contributed by atoms with E-state index in [0.717, 1.165) is 47.4 Å². The molecule has 1 saturated heterocycles. The van der Waals surface area contributed by atoms with Crippen molar-refractivity contribution in [2.75, 3.05) is 26.2 Å². The van der Waals surface area contributed by atoms with Crippen molar-refractivity contribution in [2.45, 2.75) is 40.0 Å². The van der Waals surface area contributed by atoms with Gasteiger partial charge in [-0.05, 0) is 75.4 Å². The third kappa shape index (κ3) is 5.36. The molecule has 0 saturated carbocycles. The molecule has 0 amide bonds. The van der Waals surface area contributed by atoms with Crippen LogP contribution in [0.4, 0.5) is 0 Å². The van der Waals surface area contributed by atoms with Crippen LogP contribution in [0.1, 0.15) is 37.3 Å². The molecule has 2 nitrogen and oxygen atoms in total. The number of hydrogen-bond acceptors (Lipinski definition) is 2. The lowest BCUT2D eigenvalue weighted by atomic mass is 9.99. The second-order valence-corrected chi connectivity index (χ2v) is 6.43. The molecule has 120 valence electrons. The molecular formula is C17H27Cl2NO. The summed E-state index contributed by atoms with van der Waals surface area (Å²) in [5.41, 5.74) is 2.28. The summed E-state index contributed by atoms with van der Waals surface area (Å²) in [7, 11) is 0. The van der Waals surface area contributed by atoms with Gasteiger partial charge in [0.2, 0.25) is 0 Å². The van der Waals surface area contributed by atoms with E-state index in [4.69, 9.17) is 16.3 Å². The molecule has 0 spiro atoms. The Kier molecular flexibility index (Phi) is 7.86. The molecule has 2 rings (SSSR count). The van der Waals surface area contributed by atoms with Crippen LogP contribution in [0.3, 0.4) is 0 Å². The first-order chi connectivity index (χ1) is 9.58. The third-order valence-electron chi connectivity index (χ3n) is 4.42. The molecule has 1 aromatic carbocycles. The third-order valence-corrected chi connectivity index (χ3v) is 4.83. The molecular weight excluding hydrogens is 305 g/mol. The van der Waals surface area contributed by atoms with Crippen molar-refractivity contribution in [3.05, 3.63) is 28.3 Å². The molecule has 0 aromatic heterocycles. The first-order valence-electron chi connectivity index (χ1n) is 7.68. The monoisotopic (exact) mass is 331 g/mol. The number of halogens is 2. The summed E-state index contributed by atoms with van der Waals surface area (Å²) >= 11 is 6.10. The highest BCUT2D eigenvalue weighted by atomic mass is 35.5. The van der Waals surface area contributed by atoms with Gasteiger partial charge in [0.15, 0.2) is 0 Å². The van der Waals surface area contributed by atoms with Crippen LogP contribution >= 0.6 is 24.0 Å². The molecule has 1 heterocycles. The number of likely N-dealkylation sites (tertiary alicyclic amines) is 1. The first kappa shape index (κ1) is 18.6. The van der Waals surface area contributed by atoms with Gasteiger partial charge in [0.25, 0.3) is 0 Å². The zero-order valence-electron chi connectivity index (χ0n) is 13.3. The van der Waals surface area contributed by atoms with Gasteiger partial charge in [0.1, 0.15) is 5.75 Å². The molecule has 4 heteroatoms. The van der Waals surface area contributed by atoms with Crippen LogP contribution in [-0.2, 0) is 0 Å². The van der Waals surface area contributed by atoms with E-state index in [9.17, 15) is 0 Å². The molecule has 0 unspecified atom stereocenters. The summed E-state index contributed by atoms with van der Waals surface area (Å²) < 4.78 is 5.90. The molecule has 1 aliphatic heterocycles. The predicted octanol–water partition coefficient (Wildman–Crippen LogP) is 4.88. The van der Waals surface area contributed by atoms with Crippen LogP contribution in [0.25, 0.3) is 0 Å². The Hall–Kier alpha value is -0.440. The van der Waals surface area contributed by atoms with Gasteiger partial charge >= 0.3 is 0 Å². The first-order valence-corrected chi connectivity index (χ1v) is 8.06. The van der Waals surface area contributed by atoms with E-state index in [-0.39, 0.29) is 12.4 Å². The maximum absolute atomic E-state index is 6.10. The number of hydrogen-bond donors (Lipinski definition) is 0. The molecule has 1 fully saturated rings. The van der Waals surface area contributed by atoms with Gasteiger partial charge in [-0.25, -0.2) is 0 Å². The Balaban J connectivity index is 0.00000220. The summed E-state index contributed by atoms with van der Waals surface area (Å²) in [4.78, 5) is 2.56. The SMILES string of the molecule is Cc1c(Cl)ccc(OCCCN2CCC(C)CC2)c1C.Cl.